The molecule has 3 aromatic heterocycles. The molecule has 0 radical (unpaired) electrons. The standard InChI is InChI=1S/C18H13FN4O.ClH.H2O/c1-10-6-12(4-5-20-10)18-21-9-16-15(23-18)8-14(22-16)11-2-3-17(24)13(19)7-11;;/h2-9,22,24H,1H3;1H;1H2. The van der Waals surface area contributed by atoms with Crippen LogP contribution in [0, 0.1) is 12.7 Å². The van der Waals surface area contributed by atoms with E-state index in [4.69, 9.17) is 0 Å². The highest BCUT2D eigenvalue weighted by molar-refractivity contribution is 5.85. The van der Waals surface area contributed by atoms with E-state index >= 15 is 0 Å². The minimum atomic E-state index is -0.662. The molecule has 0 amide bonds. The lowest BCUT2D eigenvalue weighted by molar-refractivity contribution is 0.432. The Morgan fingerprint density at radius 1 is 1.04 bits per heavy atom. The van der Waals surface area contributed by atoms with Gasteiger partial charge in [0, 0.05) is 28.7 Å². The third-order valence-corrected chi connectivity index (χ3v) is 3.78. The van der Waals surface area contributed by atoms with Gasteiger partial charge in [-0.1, -0.05) is 0 Å². The van der Waals surface area contributed by atoms with Crippen molar-refractivity contribution in [3.8, 4) is 28.4 Å². The zero-order chi connectivity index (χ0) is 16.7. The van der Waals surface area contributed by atoms with Gasteiger partial charge in [-0.25, -0.2) is 14.4 Å². The van der Waals surface area contributed by atoms with E-state index in [9.17, 15) is 9.50 Å². The van der Waals surface area contributed by atoms with Crippen LogP contribution < -0.4 is 0 Å². The molecule has 4 N–H and O–H groups in total. The molecule has 0 spiro atoms. The molecule has 0 aliphatic rings. The third-order valence-electron chi connectivity index (χ3n) is 3.78. The normalized spacial score (nSPS) is 10.2. The van der Waals surface area contributed by atoms with Crippen molar-refractivity contribution >= 4 is 23.4 Å². The lowest BCUT2D eigenvalue weighted by Crippen LogP contribution is -1.90. The number of phenols is 1. The molecule has 1 aromatic carbocycles. The fourth-order valence-electron chi connectivity index (χ4n) is 2.57. The Morgan fingerprint density at radius 3 is 2.58 bits per heavy atom. The highest BCUT2D eigenvalue weighted by Crippen LogP contribution is 2.27. The van der Waals surface area contributed by atoms with Crippen molar-refractivity contribution in [2.45, 2.75) is 6.92 Å². The third kappa shape index (κ3) is 3.49. The molecule has 3 heterocycles. The van der Waals surface area contributed by atoms with E-state index < -0.39 is 5.82 Å². The van der Waals surface area contributed by atoms with Crippen molar-refractivity contribution in [2.75, 3.05) is 0 Å². The maximum Gasteiger partial charge on any atom is 0.165 e. The molecule has 4 aromatic rings. The van der Waals surface area contributed by atoms with Gasteiger partial charge >= 0.3 is 0 Å². The van der Waals surface area contributed by atoms with Crippen molar-refractivity contribution in [2.24, 2.45) is 0 Å². The second-order valence-electron chi connectivity index (χ2n) is 5.53. The lowest BCUT2D eigenvalue weighted by Gasteiger charge is -2.00. The van der Waals surface area contributed by atoms with Gasteiger partial charge in [-0.05, 0) is 43.3 Å². The molecule has 0 aliphatic heterocycles. The van der Waals surface area contributed by atoms with Crippen LogP contribution in [0.2, 0.25) is 0 Å². The number of rotatable bonds is 2. The molecule has 26 heavy (non-hydrogen) atoms. The van der Waals surface area contributed by atoms with E-state index in [-0.39, 0.29) is 23.6 Å². The van der Waals surface area contributed by atoms with Crippen LogP contribution in [0.1, 0.15) is 5.69 Å². The number of aromatic nitrogens is 4. The molecule has 0 saturated carbocycles. The van der Waals surface area contributed by atoms with Crippen molar-refractivity contribution < 1.29 is 15.0 Å². The van der Waals surface area contributed by atoms with Crippen LogP contribution in [0.5, 0.6) is 5.75 Å². The van der Waals surface area contributed by atoms with E-state index in [0.717, 1.165) is 22.3 Å². The first-order valence-electron chi connectivity index (χ1n) is 7.38. The Balaban J connectivity index is 0.00000121. The SMILES string of the molecule is Cc1cc(-c2ncc3[nH]c(-c4ccc(O)c(F)c4)cc3n2)ccn1.Cl.O. The molecule has 0 aliphatic carbocycles. The smallest absolute Gasteiger partial charge is 0.165 e. The molecule has 6 nitrogen and oxygen atoms in total. The van der Waals surface area contributed by atoms with Gasteiger partial charge < -0.3 is 15.6 Å². The number of nitrogens with zero attached hydrogens (tertiary/aromatic N) is 3. The number of phenolic OH excluding ortho intramolecular Hbond substituents is 1. The van der Waals surface area contributed by atoms with E-state index in [2.05, 4.69) is 19.9 Å². The summed E-state index contributed by atoms with van der Waals surface area (Å²) in [4.78, 5) is 16.3. The second kappa shape index (κ2) is 7.47. The molecular weight excluding hydrogens is 359 g/mol. The quantitative estimate of drug-likeness (QED) is 0.560. The van der Waals surface area contributed by atoms with Crippen LogP contribution in [0.15, 0.2) is 48.8 Å². The number of fused-ring (bicyclic) bond motifs is 1. The molecule has 0 saturated heterocycles. The molecule has 0 atom stereocenters. The van der Waals surface area contributed by atoms with Crippen molar-refractivity contribution in [1.29, 1.82) is 0 Å². The van der Waals surface area contributed by atoms with Crippen LogP contribution in [0.4, 0.5) is 4.39 Å². The van der Waals surface area contributed by atoms with E-state index in [1.54, 1.807) is 18.5 Å². The van der Waals surface area contributed by atoms with Gasteiger partial charge in [-0.2, -0.15) is 0 Å². The van der Waals surface area contributed by atoms with Crippen molar-refractivity contribution in [1.82, 2.24) is 19.9 Å². The largest absolute Gasteiger partial charge is 0.505 e. The number of aryl methyl sites for hydroxylation is 1. The molecule has 0 unspecified atom stereocenters. The van der Waals surface area contributed by atoms with E-state index in [1.807, 2.05) is 25.1 Å². The number of H-pyrrole nitrogens is 1. The number of nitrogens with one attached hydrogen (secondary N) is 1. The minimum absolute atomic E-state index is 0. The number of aromatic hydroxyl groups is 1. The van der Waals surface area contributed by atoms with Gasteiger partial charge in [0.2, 0.25) is 0 Å². The summed E-state index contributed by atoms with van der Waals surface area (Å²) in [5.74, 6) is -0.425. The van der Waals surface area contributed by atoms with Gasteiger partial charge in [0.25, 0.3) is 0 Å². The number of aromatic amines is 1. The number of pyridine rings is 1. The zero-order valence-corrected chi connectivity index (χ0v) is 14.5. The highest BCUT2D eigenvalue weighted by Gasteiger charge is 2.10. The summed E-state index contributed by atoms with van der Waals surface area (Å²) in [6, 6.07) is 9.86. The van der Waals surface area contributed by atoms with Crippen molar-refractivity contribution in [3.05, 3.63) is 60.3 Å². The first-order chi connectivity index (χ1) is 11.6. The van der Waals surface area contributed by atoms with Crippen LogP contribution in [0.3, 0.4) is 0 Å². The first kappa shape index (κ1) is 19.3. The average Bonchev–Trinajstić information content (AvgIpc) is 3.00. The Bertz CT molecular complexity index is 1070. The number of benzene rings is 1. The lowest BCUT2D eigenvalue weighted by atomic mass is 10.1. The second-order valence-corrected chi connectivity index (χ2v) is 5.53. The molecule has 134 valence electrons. The molecule has 0 bridgehead atoms. The molecule has 8 heteroatoms. The summed E-state index contributed by atoms with van der Waals surface area (Å²) in [5, 5.41) is 9.30. The minimum Gasteiger partial charge on any atom is -0.505 e. The Labute approximate surface area is 154 Å². The van der Waals surface area contributed by atoms with Crippen molar-refractivity contribution in [3.63, 3.8) is 0 Å². The number of hydrogen-bond acceptors (Lipinski definition) is 4. The topological polar surface area (TPSA) is 106 Å². The molecular formula is C18H16ClFN4O2. The number of hydrogen-bond donors (Lipinski definition) is 2. The monoisotopic (exact) mass is 374 g/mol. The van der Waals surface area contributed by atoms with Gasteiger partial charge in [-0.15, -0.1) is 12.4 Å². The van der Waals surface area contributed by atoms with E-state index in [0.29, 0.717) is 17.1 Å². The summed E-state index contributed by atoms with van der Waals surface area (Å²) in [7, 11) is 0. The first-order valence-corrected chi connectivity index (χ1v) is 7.38. The van der Waals surface area contributed by atoms with Gasteiger partial charge in [0.1, 0.15) is 0 Å². The van der Waals surface area contributed by atoms with Gasteiger partial charge in [0.05, 0.1) is 17.2 Å². The predicted molar refractivity (Wildman–Crippen MR) is 99.8 cm³/mol. The maximum atomic E-state index is 13.5. The summed E-state index contributed by atoms with van der Waals surface area (Å²) < 4.78 is 13.5. The summed E-state index contributed by atoms with van der Waals surface area (Å²) in [6.45, 7) is 1.91. The fourth-order valence-corrected chi connectivity index (χ4v) is 2.57. The maximum absolute atomic E-state index is 13.5. The Kier molecular flexibility index (Phi) is 5.54. The fraction of sp³-hybridized carbons (Fsp3) is 0.0556. The van der Waals surface area contributed by atoms with Crippen LogP contribution in [0.25, 0.3) is 33.7 Å². The summed E-state index contributed by atoms with van der Waals surface area (Å²) in [6.07, 6.45) is 3.42. The predicted octanol–water partition coefficient (Wildman–Crippen LogP) is 3.44. The zero-order valence-electron chi connectivity index (χ0n) is 13.7. The summed E-state index contributed by atoms with van der Waals surface area (Å²) in [5.41, 5.74) is 4.62. The van der Waals surface area contributed by atoms with E-state index in [1.165, 1.54) is 12.1 Å². The van der Waals surface area contributed by atoms with Gasteiger partial charge in [-0.3, -0.25) is 4.98 Å². The highest BCUT2D eigenvalue weighted by atomic mass is 35.5. The Morgan fingerprint density at radius 2 is 1.85 bits per heavy atom. The number of halogens is 2. The average molecular weight is 375 g/mol. The molecule has 4 rings (SSSR count). The summed E-state index contributed by atoms with van der Waals surface area (Å²) >= 11 is 0. The van der Waals surface area contributed by atoms with Gasteiger partial charge in [0.15, 0.2) is 17.4 Å². The van der Waals surface area contributed by atoms with Crippen LogP contribution in [-0.2, 0) is 0 Å². The van der Waals surface area contributed by atoms with Crippen LogP contribution in [-0.4, -0.2) is 30.5 Å². The Hall–Kier alpha value is -3.03. The van der Waals surface area contributed by atoms with Crippen LogP contribution >= 0.6 is 12.4 Å². The molecule has 0 fully saturated rings.